The van der Waals surface area contributed by atoms with Crippen LogP contribution in [0, 0.1) is 0 Å². The van der Waals surface area contributed by atoms with Gasteiger partial charge in [-0.2, -0.15) is 0 Å². The van der Waals surface area contributed by atoms with Crippen LogP contribution in [0.15, 0.2) is 231 Å². The number of hydrogen-bond donors (Lipinski definition) is 0. The molecule has 6 aromatic carbocycles. The number of para-hydroxylation sites is 4. The van der Waals surface area contributed by atoms with Gasteiger partial charge in [0.15, 0.2) is 34.9 Å². The summed E-state index contributed by atoms with van der Waals surface area (Å²) < 4.78 is 8.53. The molecule has 2 aliphatic heterocycles. The van der Waals surface area contributed by atoms with Crippen LogP contribution in [0.3, 0.4) is 0 Å². The fraction of sp³-hybridized carbons (Fsp3) is 0. The number of anilines is 4. The molecule has 0 saturated carbocycles. The molecular formula is C50H36N12. The van der Waals surface area contributed by atoms with E-state index in [0.29, 0.717) is 0 Å². The summed E-state index contributed by atoms with van der Waals surface area (Å²) in [5, 5.41) is 9.00. The van der Waals surface area contributed by atoms with Gasteiger partial charge in [0.05, 0.1) is 22.7 Å². The smallest absolute Gasteiger partial charge is 0.198 e. The van der Waals surface area contributed by atoms with Crippen molar-refractivity contribution in [3.63, 3.8) is 0 Å². The number of imidazole rings is 4. The van der Waals surface area contributed by atoms with E-state index >= 15 is 0 Å². The second-order valence-electron chi connectivity index (χ2n) is 14.7. The van der Waals surface area contributed by atoms with E-state index in [1.165, 1.54) is 0 Å². The number of aromatic nitrogens is 8. The Hall–Kier alpha value is -8.90. The molecule has 0 spiro atoms. The van der Waals surface area contributed by atoms with Crippen molar-refractivity contribution in [2.24, 2.45) is 0 Å². The van der Waals surface area contributed by atoms with Gasteiger partial charge in [-0.15, -0.1) is 0 Å². The molecule has 4 aromatic heterocycles. The summed E-state index contributed by atoms with van der Waals surface area (Å²) in [6.45, 7) is 0. The van der Waals surface area contributed by atoms with Gasteiger partial charge in [0.2, 0.25) is 0 Å². The summed E-state index contributed by atoms with van der Waals surface area (Å²) >= 11 is 0. The van der Waals surface area contributed by atoms with Crippen LogP contribution in [0.25, 0.3) is 45.6 Å². The molecule has 2 aliphatic rings. The van der Waals surface area contributed by atoms with Crippen LogP contribution >= 0.6 is 0 Å². The molecule has 0 atom stereocenters. The van der Waals surface area contributed by atoms with Crippen molar-refractivity contribution in [2.75, 3.05) is 20.0 Å². The van der Waals surface area contributed by atoms with E-state index in [-0.39, 0.29) is 0 Å². The lowest BCUT2D eigenvalue weighted by atomic mass is 10.2. The van der Waals surface area contributed by atoms with Gasteiger partial charge in [-0.3, -0.25) is 0 Å². The Morgan fingerprint density at radius 3 is 0.677 bits per heavy atom. The minimum absolute atomic E-state index is 0.767. The molecule has 0 amide bonds. The zero-order valence-corrected chi connectivity index (χ0v) is 33.2. The second kappa shape index (κ2) is 14.4. The lowest BCUT2D eigenvalue weighted by molar-refractivity contribution is 0.657. The molecule has 12 nitrogen and oxygen atoms in total. The average molecular weight is 805 g/mol. The van der Waals surface area contributed by atoms with Crippen molar-refractivity contribution in [2.45, 2.75) is 0 Å². The summed E-state index contributed by atoms with van der Waals surface area (Å²) in [5.74, 6) is 4.61. The molecule has 0 bridgehead atoms. The molecule has 62 heavy (non-hydrogen) atoms. The van der Waals surface area contributed by atoms with E-state index in [4.69, 9.17) is 19.9 Å². The number of hydrogen-bond acceptors (Lipinski definition) is 8. The molecule has 0 aliphatic carbocycles. The van der Waals surface area contributed by atoms with Gasteiger partial charge in [0, 0.05) is 71.8 Å². The van der Waals surface area contributed by atoms with Crippen LogP contribution in [0.2, 0.25) is 0 Å². The van der Waals surface area contributed by atoms with E-state index in [9.17, 15) is 0 Å². The number of rotatable bonds is 8. The third-order valence-electron chi connectivity index (χ3n) is 11.2. The van der Waals surface area contributed by atoms with Gasteiger partial charge in [-0.1, -0.05) is 146 Å². The molecule has 0 radical (unpaired) electrons. The third kappa shape index (κ3) is 5.47. The highest BCUT2D eigenvalue weighted by Gasteiger charge is 2.47. The van der Waals surface area contributed by atoms with Crippen LogP contribution in [0.1, 0.15) is 0 Å². The zero-order chi connectivity index (χ0) is 41.0. The quantitative estimate of drug-likeness (QED) is 0.150. The van der Waals surface area contributed by atoms with Crippen molar-refractivity contribution in [1.82, 2.24) is 38.6 Å². The molecule has 296 valence electrons. The highest BCUT2D eigenvalue weighted by molar-refractivity contribution is 5.90. The van der Waals surface area contributed by atoms with Crippen LogP contribution in [0.4, 0.5) is 22.7 Å². The van der Waals surface area contributed by atoms with Gasteiger partial charge in [-0.05, 0) is 24.3 Å². The molecule has 6 heterocycles. The first-order valence-electron chi connectivity index (χ1n) is 20.3. The minimum atomic E-state index is 0.767. The molecule has 12 heteroatoms. The highest BCUT2D eigenvalue weighted by Crippen LogP contribution is 2.51. The predicted molar refractivity (Wildman–Crippen MR) is 242 cm³/mol. The molecule has 0 saturated heterocycles. The zero-order valence-electron chi connectivity index (χ0n) is 33.2. The predicted octanol–water partition coefficient (Wildman–Crippen LogP) is 10.1. The normalized spacial score (nSPS) is 13.3. The van der Waals surface area contributed by atoms with E-state index in [1.54, 1.807) is 0 Å². The summed E-state index contributed by atoms with van der Waals surface area (Å²) in [4.78, 5) is 20.0. The number of fused-ring (bicyclic) bond motifs is 2. The van der Waals surface area contributed by atoms with Gasteiger partial charge in [-0.25, -0.2) is 58.7 Å². The Morgan fingerprint density at radius 1 is 0.242 bits per heavy atom. The first-order chi connectivity index (χ1) is 30.8. The van der Waals surface area contributed by atoms with E-state index in [2.05, 4.69) is 136 Å². The van der Waals surface area contributed by atoms with Crippen molar-refractivity contribution in [3.05, 3.63) is 231 Å². The molecule has 0 unspecified atom stereocenters. The fourth-order valence-corrected chi connectivity index (χ4v) is 8.54. The molecule has 12 rings (SSSR count). The summed E-state index contributed by atoms with van der Waals surface area (Å²) in [5.41, 5.74) is 7.58. The van der Waals surface area contributed by atoms with Crippen LogP contribution in [-0.2, 0) is 0 Å². The van der Waals surface area contributed by atoms with Crippen LogP contribution < -0.4 is 20.0 Å². The van der Waals surface area contributed by atoms with Gasteiger partial charge in [0.25, 0.3) is 0 Å². The van der Waals surface area contributed by atoms with Crippen LogP contribution in [0.5, 0.6) is 0 Å². The Kier molecular flexibility index (Phi) is 8.16. The monoisotopic (exact) mass is 804 g/mol. The Labute approximate surface area is 356 Å². The van der Waals surface area contributed by atoms with Crippen LogP contribution in [-0.4, -0.2) is 38.6 Å². The summed E-state index contributed by atoms with van der Waals surface area (Å²) in [6, 6.07) is 58.1. The number of nitrogens with zero attached hydrogens (tertiary/aromatic N) is 12. The largest absolute Gasteiger partial charge is 0.235 e. The second-order valence-corrected chi connectivity index (χ2v) is 14.7. The summed E-state index contributed by atoms with van der Waals surface area (Å²) in [6.07, 6.45) is 15.5. The lowest BCUT2D eigenvalue weighted by Gasteiger charge is -2.35. The first-order valence-corrected chi connectivity index (χ1v) is 20.3. The number of benzene rings is 6. The topological polar surface area (TPSA) is 84.2 Å². The average Bonchev–Trinajstić information content (AvgIpc) is 4.21. The van der Waals surface area contributed by atoms with Crippen molar-refractivity contribution < 1.29 is 0 Å². The van der Waals surface area contributed by atoms with Gasteiger partial charge in [0.1, 0.15) is 0 Å². The van der Waals surface area contributed by atoms with Crippen molar-refractivity contribution in [1.29, 1.82) is 0 Å². The fourth-order valence-electron chi connectivity index (χ4n) is 8.54. The SMILES string of the molecule is c1ccc(-c2nccn2N2C(=C3N(n4ccnc4-c4ccccc4)c4ccccc4N3n3ccnc3-c3ccccc3)N(n3ccnc3-c3ccccc3)c3ccccc32)cc1. The Bertz CT molecular complexity index is 2790. The van der Waals surface area contributed by atoms with Crippen molar-refractivity contribution >= 4 is 22.7 Å². The molecule has 0 fully saturated rings. The third-order valence-corrected chi connectivity index (χ3v) is 11.2. The Balaban J connectivity index is 1.23. The molecular weight excluding hydrogens is 769 g/mol. The Morgan fingerprint density at radius 2 is 0.452 bits per heavy atom. The maximum Gasteiger partial charge on any atom is 0.198 e. The van der Waals surface area contributed by atoms with Crippen molar-refractivity contribution in [3.8, 4) is 45.6 Å². The van der Waals surface area contributed by atoms with E-state index in [0.717, 1.165) is 79.9 Å². The van der Waals surface area contributed by atoms with Gasteiger partial charge >= 0.3 is 0 Å². The summed E-state index contributed by atoms with van der Waals surface area (Å²) in [7, 11) is 0. The first kappa shape index (κ1) is 35.1. The van der Waals surface area contributed by atoms with E-state index in [1.807, 2.05) is 122 Å². The molecule has 0 N–H and O–H groups in total. The van der Waals surface area contributed by atoms with Gasteiger partial charge < -0.3 is 0 Å². The standard InChI is InChI=1S/C50H36N12/c1-5-17-37(18-6-1)45-51-29-33-55(45)59-41-25-13-14-26-42(41)60(56-34-30-52-46(56)38-19-7-2-8-20-38)49(59)50-61(57-35-31-53-47(57)39-21-9-3-10-22-39)43-27-15-16-28-44(43)62(50)58-36-32-54-48(58)40-23-11-4-12-24-40/h1-36H. The molecule has 10 aromatic rings. The maximum atomic E-state index is 5.01. The lowest BCUT2D eigenvalue weighted by Crippen LogP contribution is -2.45. The highest BCUT2D eigenvalue weighted by atomic mass is 15.8. The van der Waals surface area contributed by atoms with E-state index < -0.39 is 0 Å². The minimum Gasteiger partial charge on any atom is -0.235 e. The maximum absolute atomic E-state index is 5.01.